The zero-order valence-electron chi connectivity index (χ0n) is 11.2. The molecule has 5 heteroatoms. The molecule has 1 rings (SSSR count). The van der Waals surface area contributed by atoms with E-state index in [4.69, 9.17) is 14.2 Å². The van der Waals surface area contributed by atoms with Gasteiger partial charge in [-0.25, -0.2) is 0 Å². The fraction of sp³-hybridized carbons (Fsp3) is 0.538. The third kappa shape index (κ3) is 5.58. The van der Waals surface area contributed by atoms with E-state index in [1.807, 2.05) is 25.1 Å². The third-order valence-corrected chi connectivity index (χ3v) is 2.34. The van der Waals surface area contributed by atoms with Crippen LogP contribution in [0.3, 0.4) is 0 Å². The van der Waals surface area contributed by atoms with Crippen LogP contribution < -0.4 is 14.8 Å². The maximum atomic E-state index is 5.46. The summed E-state index contributed by atoms with van der Waals surface area (Å²) in [6.07, 6.45) is 0. The highest BCUT2D eigenvalue weighted by Crippen LogP contribution is 2.27. The van der Waals surface area contributed by atoms with Crippen molar-refractivity contribution in [2.45, 2.75) is 13.5 Å². The van der Waals surface area contributed by atoms with Crippen molar-refractivity contribution in [3.05, 3.63) is 23.8 Å². The predicted octanol–water partition coefficient (Wildman–Crippen LogP) is 2.25. The molecular formula is C13H22ClNO3. The Morgan fingerprint density at radius 3 is 2.56 bits per heavy atom. The summed E-state index contributed by atoms with van der Waals surface area (Å²) in [6.45, 7) is 4.95. The van der Waals surface area contributed by atoms with Gasteiger partial charge in [0.2, 0.25) is 0 Å². The van der Waals surface area contributed by atoms with Gasteiger partial charge in [0.25, 0.3) is 0 Å². The number of rotatable bonds is 8. The molecule has 0 amide bonds. The van der Waals surface area contributed by atoms with Crippen molar-refractivity contribution in [2.75, 3.05) is 34.0 Å². The second-order valence-electron chi connectivity index (χ2n) is 3.59. The molecule has 0 aliphatic carbocycles. The molecule has 0 bridgehead atoms. The van der Waals surface area contributed by atoms with Gasteiger partial charge in [-0.3, -0.25) is 0 Å². The Hall–Kier alpha value is -0.970. The van der Waals surface area contributed by atoms with Gasteiger partial charge in [-0.15, -0.1) is 12.4 Å². The van der Waals surface area contributed by atoms with Gasteiger partial charge in [0.15, 0.2) is 11.5 Å². The smallest absolute Gasteiger partial charge is 0.161 e. The van der Waals surface area contributed by atoms with Crippen LogP contribution >= 0.6 is 12.4 Å². The molecule has 0 atom stereocenters. The van der Waals surface area contributed by atoms with Crippen LogP contribution in [0.2, 0.25) is 0 Å². The van der Waals surface area contributed by atoms with Gasteiger partial charge >= 0.3 is 0 Å². The summed E-state index contributed by atoms with van der Waals surface area (Å²) >= 11 is 0. The highest BCUT2D eigenvalue weighted by atomic mass is 35.5. The van der Waals surface area contributed by atoms with Gasteiger partial charge in [0.1, 0.15) is 0 Å². The van der Waals surface area contributed by atoms with Gasteiger partial charge in [0, 0.05) is 20.2 Å². The largest absolute Gasteiger partial charge is 0.493 e. The maximum absolute atomic E-state index is 5.46. The lowest BCUT2D eigenvalue weighted by Crippen LogP contribution is -2.18. The number of nitrogens with one attached hydrogen (secondary N) is 1. The Balaban J connectivity index is 0.00000289. The lowest BCUT2D eigenvalue weighted by atomic mass is 10.2. The normalized spacial score (nSPS) is 9.72. The van der Waals surface area contributed by atoms with Crippen molar-refractivity contribution in [3.63, 3.8) is 0 Å². The molecule has 0 fully saturated rings. The SMILES string of the molecule is CCOc1ccc(CNCCOC)cc1OC.Cl. The lowest BCUT2D eigenvalue weighted by molar-refractivity contribution is 0.199. The van der Waals surface area contributed by atoms with E-state index < -0.39 is 0 Å². The molecular weight excluding hydrogens is 254 g/mol. The molecule has 0 radical (unpaired) electrons. The van der Waals surface area contributed by atoms with E-state index in [1.165, 1.54) is 5.56 Å². The van der Waals surface area contributed by atoms with E-state index in [0.29, 0.717) is 13.2 Å². The minimum atomic E-state index is 0. The average molecular weight is 276 g/mol. The summed E-state index contributed by atoms with van der Waals surface area (Å²) in [6, 6.07) is 5.97. The van der Waals surface area contributed by atoms with E-state index in [0.717, 1.165) is 24.6 Å². The van der Waals surface area contributed by atoms with Crippen LogP contribution in [0.25, 0.3) is 0 Å². The van der Waals surface area contributed by atoms with Crippen molar-refractivity contribution in [1.29, 1.82) is 0 Å². The number of hydrogen-bond acceptors (Lipinski definition) is 4. The Morgan fingerprint density at radius 2 is 1.94 bits per heavy atom. The molecule has 0 aromatic heterocycles. The van der Waals surface area contributed by atoms with Gasteiger partial charge in [0.05, 0.1) is 20.3 Å². The number of hydrogen-bond donors (Lipinski definition) is 1. The maximum Gasteiger partial charge on any atom is 0.161 e. The minimum Gasteiger partial charge on any atom is -0.493 e. The van der Waals surface area contributed by atoms with Crippen LogP contribution in [0.5, 0.6) is 11.5 Å². The predicted molar refractivity (Wildman–Crippen MR) is 75.0 cm³/mol. The summed E-state index contributed by atoms with van der Waals surface area (Å²) < 4.78 is 15.7. The second kappa shape index (κ2) is 10.00. The Morgan fingerprint density at radius 1 is 1.17 bits per heavy atom. The van der Waals surface area contributed by atoms with Crippen molar-refractivity contribution < 1.29 is 14.2 Å². The highest BCUT2D eigenvalue weighted by Gasteiger charge is 2.04. The number of methoxy groups -OCH3 is 2. The Labute approximate surface area is 115 Å². The highest BCUT2D eigenvalue weighted by molar-refractivity contribution is 5.85. The van der Waals surface area contributed by atoms with Gasteiger partial charge in [-0.2, -0.15) is 0 Å². The van der Waals surface area contributed by atoms with E-state index in [9.17, 15) is 0 Å². The van der Waals surface area contributed by atoms with E-state index >= 15 is 0 Å². The van der Waals surface area contributed by atoms with E-state index in [2.05, 4.69) is 5.32 Å². The topological polar surface area (TPSA) is 39.7 Å². The van der Waals surface area contributed by atoms with Crippen molar-refractivity contribution in [3.8, 4) is 11.5 Å². The van der Waals surface area contributed by atoms with Crippen molar-refractivity contribution in [2.24, 2.45) is 0 Å². The van der Waals surface area contributed by atoms with Crippen LogP contribution in [0.1, 0.15) is 12.5 Å². The number of halogens is 1. The minimum absolute atomic E-state index is 0. The zero-order valence-corrected chi connectivity index (χ0v) is 12.0. The average Bonchev–Trinajstić information content (AvgIpc) is 2.36. The summed E-state index contributed by atoms with van der Waals surface area (Å²) in [5.41, 5.74) is 1.17. The molecule has 0 heterocycles. The van der Waals surface area contributed by atoms with Crippen LogP contribution in [0.15, 0.2) is 18.2 Å². The van der Waals surface area contributed by atoms with Crippen LogP contribution in [-0.2, 0) is 11.3 Å². The van der Waals surface area contributed by atoms with E-state index in [-0.39, 0.29) is 12.4 Å². The molecule has 0 unspecified atom stereocenters. The summed E-state index contributed by atoms with van der Waals surface area (Å²) in [5.74, 6) is 1.56. The molecule has 18 heavy (non-hydrogen) atoms. The molecule has 104 valence electrons. The first-order valence-electron chi connectivity index (χ1n) is 5.81. The number of ether oxygens (including phenoxy) is 3. The summed E-state index contributed by atoms with van der Waals surface area (Å²) in [7, 11) is 3.35. The molecule has 0 saturated carbocycles. The monoisotopic (exact) mass is 275 g/mol. The quantitative estimate of drug-likeness (QED) is 0.739. The molecule has 0 saturated heterocycles. The number of benzene rings is 1. The van der Waals surface area contributed by atoms with Gasteiger partial charge in [-0.05, 0) is 24.6 Å². The Kier molecular flexibility index (Phi) is 9.46. The van der Waals surface area contributed by atoms with Crippen LogP contribution in [-0.4, -0.2) is 34.0 Å². The van der Waals surface area contributed by atoms with Crippen molar-refractivity contribution in [1.82, 2.24) is 5.32 Å². The molecule has 1 aromatic rings. The Bertz CT molecular complexity index is 334. The van der Waals surface area contributed by atoms with Crippen molar-refractivity contribution >= 4 is 12.4 Å². The molecule has 1 aromatic carbocycles. The molecule has 4 nitrogen and oxygen atoms in total. The van der Waals surface area contributed by atoms with Crippen LogP contribution in [0, 0.1) is 0 Å². The molecule has 0 spiro atoms. The molecule has 0 aliphatic rings. The zero-order chi connectivity index (χ0) is 12.5. The first-order valence-corrected chi connectivity index (χ1v) is 5.81. The fourth-order valence-corrected chi connectivity index (χ4v) is 1.50. The van der Waals surface area contributed by atoms with E-state index in [1.54, 1.807) is 14.2 Å². The third-order valence-electron chi connectivity index (χ3n) is 2.34. The van der Waals surface area contributed by atoms with Gasteiger partial charge in [-0.1, -0.05) is 6.07 Å². The van der Waals surface area contributed by atoms with Crippen LogP contribution in [0.4, 0.5) is 0 Å². The molecule has 0 aliphatic heterocycles. The first-order chi connectivity index (χ1) is 8.31. The van der Waals surface area contributed by atoms with Gasteiger partial charge < -0.3 is 19.5 Å². The molecule has 1 N–H and O–H groups in total. The summed E-state index contributed by atoms with van der Waals surface area (Å²) in [5, 5.41) is 3.28. The fourth-order valence-electron chi connectivity index (χ4n) is 1.50. The lowest BCUT2D eigenvalue weighted by Gasteiger charge is -2.11. The standard InChI is InChI=1S/C13H21NO3.ClH/c1-4-17-12-6-5-11(9-13(12)16-3)10-14-7-8-15-2;/h5-6,9,14H,4,7-8,10H2,1-3H3;1H. The first kappa shape index (κ1) is 17.0. The second-order valence-corrected chi connectivity index (χ2v) is 3.59. The summed E-state index contributed by atoms with van der Waals surface area (Å²) in [4.78, 5) is 0.